The van der Waals surface area contributed by atoms with Gasteiger partial charge in [0.05, 0.1) is 25.0 Å². The minimum atomic E-state index is -0.466. The molecule has 0 radical (unpaired) electrons. The molecule has 7 nitrogen and oxygen atoms in total. The average Bonchev–Trinajstić information content (AvgIpc) is 2.53. The number of methoxy groups -OCH3 is 1. The van der Waals surface area contributed by atoms with Crippen LogP contribution in [0.2, 0.25) is 0 Å². The van der Waals surface area contributed by atoms with Crippen molar-refractivity contribution in [3.63, 3.8) is 0 Å². The number of nitrogens with zero attached hydrogens (tertiary/aromatic N) is 2. The van der Waals surface area contributed by atoms with E-state index in [1.807, 2.05) is 6.92 Å². The van der Waals surface area contributed by atoms with E-state index in [0.717, 1.165) is 31.1 Å². The lowest BCUT2D eigenvalue weighted by molar-refractivity contribution is -0.139. The van der Waals surface area contributed by atoms with E-state index in [4.69, 9.17) is 0 Å². The second kappa shape index (κ2) is 10.0. The molecule has 0 spiro atoms. The Morgan fingerprint density at radius 2 is 2.13 bits per heavy atom. The predicted octanol–water partition coefficient (Wildman–Crippen LogP) is 1.23. The molecule has 23 heavy (non-hydrogen) atoms. The number of ether oxygens (including phenoxy) is 1. The van der Waals surface area contributed by atoms with Crippen molar-refractivity contribution in [1.82, 2.24) is 14.9 Å². The monoisotopic (exact) mass is 341 g/mol. The van der Waals surface area contributed by atoms with E-state index < -0.39 is 5.97 Å². The van der Waals surface area contributed by atoms with Crippen LogP contribution in [-0.2, 0) is 20.7 Å². The number of carbonyl (C=O) groups excluding carboxylic acids is 2. The van der Waals surface area contributed by atoms with Crippen LogP contribution in [-0.4, -0.2) is 52.7 Å². The number of thioether (sulfide) groups is 1. The quantitative estimate of drug-likeness (QED) is 0.412. The van der Waals surface area contributed by atoms with Crippen LogP contribution >= 0.6 is 11.8 Å². The van der Waals surface area contributed by atoms with Gasteiger partial charge in [-0.05, 0) is 13.3 Å². The molecular weight excluding hydrogens is 318 g/mol. The third-order valence-corrected chi connectivity index (χ3v) is 4.03. The summed E-state index contributed by atoms with van der Waals surface area (Å²) in [4.78, 5) is 43.5. The summed E-state index contributed by atoms with van der Waals surface area (Å²) in [5, 5.41) is 0.330. The Kier molecular flexibility index (Phi) is 8.39. The Morgan fingerprint density at radius 1 is 1.39 bits per heavy atom. The highest BCUT2D eigenvalue weighted by atomic mass is 32.2. The normalized spacial score (nSPS) is 10.4. The first-order valence-electron chi connectivity index (χ1n) is 7.57. The van der Waals surface area contributed by atoms with Crippen LogP contribution in [0.15, 0.2) is 16.0 Å². The van der Waals surface area contributed by atoms with E-state index >= 15 is 0 Å². The molecule has 0 bridgehead atoms. The van der Waals surface area contributed by atoms with E-state index in [1.54, 1.807) is 4.90 Å². The van der Waals surface area contributed by atoms with Crippen molar-refractivity contribution in [2.45, 2.75) is 38.3 Å². The van der Waals surface area contributed by atoms with Gasteiger partial charge in [-0.2, -0.15) is 0 Å². The first-order valence-corrected chi connectivity index (χ1v) is 8.56. The van der Waals surface area contributed by atoms with Crippen LogP contribution in [0, 0.1) is 0 Å². The molecule has 0 saturated heterocycles. The third-order valence-electron chi connectivity index (χ3n) is 3.17. The molecular formula is C15H23N3O4S. The van der Waals surface area contributed by atoms with Crippen molar-refractivity contribution in [3.05, 3.63) is 22.1 Å². The number of aromatic nitrogens is 2. The standard InChI is InChI=1S/C15H23N3O4S/c1-4-6-7-18(5-2)13(20)10-23-15-16-11(8-12(19)17-15)9-14(21)22-3/h8H,4-7,9-10H2,1-3H3,(H,16,17,19). The van der Waals surface area contributed by atoms with E-state index in [2.05, 4.69) is 21.6 Å². The molecule has 0 aliphatic carbocycles. The second-order valence-corrected chi connectivity index (χ2v) is 5.87. The molecule has 0 fully saturated rings. The Morgan fingerprint density at radius 3 is 2.74 bits per heavy atom. The average molecular weight is 341 g/mol. The lowest BCUT2D eigenvalue weighted by atomic mass is 10.3. The number of unbranched alkanes of at least 4 members (excludes halogenated alkanes) is 1. The van der Waals surface area contributed by atoms with Gasteiger partial charge in [0.2, 0.25) is 5.91 Å². The van der Waals surface area contributed by atoms with Crippen molar-refractivity contribution < 1.29 is 14.3 Å². The maximum Gasteiger partial charge on any atom is 0.311 e. The minimum Gasteiger partial charge on any atom is -0.469 e. The smallest absolute Gasteiger partial charge is 0.311 e. The molecule has 1 aromatic rings. The molecule has 0 aliphatic heterocycles. The number of carbonyl (C=O) groups is 2. The maximum absolute atomic E-state index is 12.2. The van der Waals surface area contributed by atoms with Gasteiger partial charge in [-0.25, -0.2) is 4.98 Å². The number of amides is 1. The van der Waals surface area contributed by atoms with Crippen LogP contribution in [0.1, 0.15) is 32.4 Å². The third kappa shape index (κ3) is 6.85. The van der Waals surface area contributed by atoms with Crippen LogP contribution in [0.25, 0.3) is 0 Å². The first-order chi connectivity index (χ1) is 11.0. The number of esters is 1. The fourth-order valence-electron chi connectivity index (χ4n) is 1.89. The fraction of sp³-hybridized carbons (Fsp3) is 0.600. The Hall–Kier alpha value is -1.83. The lowest BCUT2D eigenvalue weighted by Crippen LogP contribution is -2.33. The number of H-pyrrole nitrogens is 1. The SMILES string of the molecule is CCCCN(CC)C(=O)CSc1nc(CC(=O)OC)cc(=O)[nH]1. The van der Waals surface area contributed by atoms with Crippen molar-refractivity contribution in [2.75, 3.05) is 26.0 Å². The van der Waals surface area contributed by atoms with Gasteiger partial charge >= 0.3 is 5.97 Å². The molecule has 1 rings (SSSR count). The van der Waals surface area contributed by atoms with Crippen LogP contribution in [0.3, 0.4) is 0 Å². The summed E-state index contributed by atoms with van der Waals surface area (Å²) in [6.45, 7) is 5.41. The van der Waals surface area contributed by atoms with Gasteiger partial charge in [0.25, 0.3) is 5.56 Å². The summed E-state index contributed by atoms with van der Waals surface area (Å²) in [7, 11) is 1.28. The van der Waals surface area contributed by atoms with E-state index in [0.29, 0.717) is 17.4 Å². The van der Waals surface area contributed by atoms with Crippen molar-refractivity contribution in [3.8, 4) is 0 Å². The molecule has 128 valence electrons. The van der Waals surface area contributed by atoms with Gasteiger partial charge in [0.15, 0.2) is 5.16 Å². The summed E-state index contributed by atoms with van der Waals surface area (Å²) < 4.78 is 4.56. The van der Waals surface area contributed by atoms with Gasteiger partial charge in [-0.3, -0.25) is 14.4 Å². The molecule has 0 aliphatic rings. The Labute approximate surface area is 139 Å². The van der Waals surface area contributed by atoms with Gasteiger partial charge < -0.3 is 14.6 Å². The van der Waals surface area contributed by atoms with E-state index in [9.17, 15) is 14.4 Å². The van der Waals surface area contributed by atoms with Crippen LogP contribution in [0.5, 0.6) is 0 Å². The lowest BCUT2D eigenvalue weighted by Gasteiger charge is -2.20. The number of hydrogen-bond donors (Lipinski definition) is 1. The highest BCUT2D eigenvalue weighted by Gasteiger charge is 2.13. The topological polar surface area (TPSA) is 92.4 Å². The second-order valence-electron chi connectivity index (χ2n) is 4.91. The molecule has 0 unspecified atom stereocenters. The molecule has 1 amide bonds. The number of aromatic amines is 1. The van der Waals surface area contributed by atoms with Gasteiger partial charge in [-0.15, -0.1) is 0 Å². The molecule has 1 aromatic heterocycles. The molecule has 1 N–H and O–H groups in total. The largest absolute Gasteiger partial charge is 0.469 e. The minimum absolute atomic E-state index is 0.00645. The molecule has 0 aromatic carbocycles. The van der Waals surface area contributed by atoms with Crippen LogP contribution < -0.4 is 5.56 Å². The number of rotatable bonds is 9. The fourth-order valence-corrected chi connectivity index (χ4v) is 2.69. The highest BCUT2D eigenvalue weighted by molar-refractivity contribution is 7.99. The molecule has 0 atom stereocenters. The summed E-state index contributed by atoms with van der Waals surface area (Å²) >= 11 is 1.16. The van der Waals surface area contributed by atoms with Gasteiger partial charge in [0, 0.05) is 19.2 Å². The first kappa shape index (κ1) is 19.2. The maximum atomic E-state index is 12.2. The predicted molar refractivity (Wildman–Crippen MR) is 88.5 cm³/mol. The highest BCUT2D eigenvalue weighted by Crippen LogP contribution is 2.13. The summed E-state index contributed by atoms with van der Waals surface area (Å²) in [6.07, 6.45) is 1.93. The summed E-state index contributed by atoms with van der Waals surface area (Å²) in [5.74, 6) is -0.263. The van der Waals surface area contributed by atoms with E-state index in [1.165, 1.54) is 13.2 Å². The number of hydrogen-bond acceptors (Lipinski definition) is 6. The van der Waals surface area contributed by atoms with Crippen LogP contribution in [0.4, 0.5) is 0 Å². The van der Waals surface area contributed by atoms with Crippen molar-refractivity contribution >= 4 is 23.6 Å². The zero-order chi connectivity index (χ0) is 17.2. The summed E-state index contributed by atoms with van der Waals surface area (Å²) in [5.41, 5.74) is -0.0268. The molecule has 0 saturated carbocycles. The van der Waals surface area contributed by atoms with E-state index in [-0.39, 0.29) is 23.6 Å². The molecule has 8 heteroatoms. The summed E-state index contributed by atoms with van der Waals surface area (Å²) in [6, 6.07) is 1.25. The van der Waals surface area contributed by atoms with Crippen molar-refractivity contribution in [1.29, 1.82) is 0 Å². The Bertz CT molecular complexity index is 588. The van der Waals surface area contributed by atoms with Crippen molar-refractivity contribution in [2.24, 2.45) is 0 Å². The van der Waals surface area contributed by atoms with Gasteiger partial charge in [0.1, 0.15) is 0 Å². The van der Waals surface area contributed by atoms with Gasteiger partial charge in [-0.1, -0.05) is 25.1 Å². The zero-order valence-corrected chi connectivity index (χ0v) is 14.6. The Balaban J connectivity index is 2.67. The molecule has 1 heterocycles. The number of nitrogens with one attached hydrogen (secondary N) is 1. The zero-order valence-electron chi connectivity index (χ0n) is 13.8.